The van der Waals surface area contributed by atoms with Crippen molar-refractivity contribution in [3.05, 3.63) is 17.1 Å². The molecule has 1 aliphatic carbocycles. The predicted octanol–water partition coefficient (Wildman–Crippen LogP) is 2.46. The van der Waals surface area contributed by atoms with Crippen LogP contribution in [-0.4, -0.2) is 27.1 Å². The van der Waals surface area contributed by atoms with Crippen LogP contribution in [0.5, 0.6) is 0 Å². The quantitative estimate of drug-likeness (QED) is 0.876. The maximum absolute atomic E-state index is 10.9. The van der Waals surface area contributed by atoms with Crippen LogP contribution in [0.25, 0.3) is 0 Å². The first-order chi connectivity index (χ1) is 8.97. The van der Waals surface area contributed by atoms with Gasteiger partial charge in [-0.25, -0.2) is 9.97 Å². The van der Waals surface area contributed by atoms with Gasteiger partial charge < -0.3 is 10.4 Å². The molecule has 0 saturated heterocycles. The van der Waals surface area contributed by atoms with Crippen LogP contribution in [-0.2, 0) is 4.79 Å². The number of nitrogens with one attached hydrogen (secondary N) is 1. The Morgan fingerprint density at radius 3 is 2.37 bits per heavy atom. The molecule has 0 spiro atoms. The summed E-state index contributed by atoms with van der Waals surface area (Å²) >= 11 is 0. The van der Waals surface area contributed by atoms with E-state index in [-0.39, 0.29) is 5.92 Å². The van der Waals surface area contributed by atoms with Crippen molar-refractivity contribution in [3.63, 3.8) is 0 Å². The molecule has 1 fully saturated rings. The van der Waals surface area contributed by atoms with Gasteiger partial charge in [-0.05, 0) is 46.5 Å². The van der Waals surface area contributed by atoms with Crippen molar-refractivity contribution in [2.45, 2.75) is 52.5 Å². The standard InChI is InChI=1S/C14H21N3O2/c1-8-9(2)15-10(3)16-13(8)17-12-6-4-11(5-7-12)14(18)19/h11-12H,4-7H2,1-3H3,(H,18,19)(H,15,16,17). The number of aromatic nitrogens is 2. The second kappa shape index (κ2) is 5.55. The molecule has 1 aromatic heterocycles. The third-order valence-electron chi connectivity index (χ3n) is 3.92. The molecule has 1 aromatic rings. The van der Waals surface area contributed by atoms with E-state index in [9.17, 15) is 4.79 Å². The Labute approximate surface area is 113 Å². The van der Waals surface area contributed by atoms with E-state index >= 15 is 0 Å². The molecule has 2 rings (SSSR count). The Bertz CT molecular complexity index is 480. The van der Waals surface area contributed by atoms with Crippen molar-refractivity contribution in [3.8, 4) is 0 Å². The molecule has 0 atom stereocenters. The highest BCUT2D eigenvalue weighted by atomic mass is 16.4. The number of rotatable bonds is 3. The highest BCUT2D eigenvalue weighted by molar-refractivity contribution is 5.70. The zero-order valence-electron chi connectivity index (χ0n) is 11.7. The molecule has 5 nitrogen and oxygen atoms in total. The summed E-state index contributed by atoms with van der Waals surface area (Å²) in [7, 11) is 0. The Morgan fingerprint density at radius 2 is 1.79 bits per heavy atom. The van der Waals surface area contributed by atoms with Gasteiger partial charge in [-0.2, -0.15) is 0 Å². The Hall–Kier alpha value is -1.65. The van der Waals surface area contributed by atoms with Crippen molar-refractivity contribution in [1.29, 1.82) is 0 Å². The summed E-state index contributed by atoms with van der Waals surface area (Å²) in [6.45, 7) is 5.88. The molecule has 0 aliphatic heterocycles. The smallest absolute Gasteiger partial charge is 0.306 e. The van der Waals surface area contributed by atoms with Crippen molar-refractivity contribution in [2.75, 3.05) is 5.32 Å². The number of hydrogen-bond donors (Lipinski definition) is 2. The van der Waals surface area contributed by atoms with Crippen LogP contribution in [0.2, 0.25) is 0 Å². The number of anilines is 1. The van der Waals surface area contributed by atoms with Crippen LogP contribution in [0.3, 0.4) is 0 Å². The average Bonchev–Trinajstić information content (AvgIpc) is 2.36. The maximum Gasteiger partial charge on any atom is 0.306 e. The van der Waals surface area contributed by atoms with Gasteiger partial charge in [0.05, 0.1) is 5.92 Å². The highest BCUT2D eigenvalue weighted by Gasteiger charge is 2.26. The van der Waals surface area contributed by atoms with E-state index in [1.165, 1.54) is 0 Å². The van der Waals surface area contributed by atoms with E-state index in [2.05, 4.69) is 15.3 Å². The summed E-state index contributed by atoms with van der Waals surface area (Å²) in [5, 5.41) is 12.4. The Kier molecular flexibility index (Phi) is 4.02. The van der Waals surface area contributed by atoms with E-state index in [0.717, 1.165) is 48.6 Å². The van der Waals surface area contributed by atoms with Gasteiger partial charge in [0.25, 0.3) is 0 Å². The van der Waals surface area contributed by atoms with Gasteiger partial charge in [0.1, 0.15) is 11.6 Å². The lowest BCUT2D eigenvalue weighted by atomic mass is 9.86. The average molecular weight is 263 g/mol. The van der Waals surface area contributed by atoms with Crippen LogP contribution in [0.15, 0.2) is 0 Å². The lowest BCUT2D eigenvalue weighted by molar-refractivity contribution is -0.142. The molecule has 1 heterocycles. The van der Waals surface area contributed by atoms with Gasteiger partial charge in [-0.3, -0.25) is 4.79 Å². The number of aryl methyl sites for hydroxylation is 2. The molecule has 0 aromatic carbocycles. The summed E-state index contributed by atoms with van der Waals surface area (Å²) in [5.41, 5.74) is 2.07. The SMILES string of the molecule is Cc1nc(C)c(C)c(NC2CCC(C(=O)O)CC2)n1. The number of hydrogen-bond acceptors (Lipinski definition) is 4. The molecular formula is C14H21N3O2. The Morgan fingerprint density at radius 1 is 1.16 bits per heavy atom. The zero-order valence-corrected chi connectivity index (χ0v) is 11.7. The normalized spacial score (nSPS) is 23.1. The number of carboxylic acids is 1. The van der Waals surface area contributed by atoms with Gasteiger partial charge in [0.15, 0.2) is 0 Å². The molecule has 0 radical (unpaired) electrons. The lowest BCUT2D eigenvalue weighted by Gasteiger charge is -2.28. The molecule has 104 valence electrons. The number of aliphatic carboxylic acids is 1. The maximum atomic E-state index is 10.9. The van der Waals surface area contributed by atoms with Crippen LogP contribution < -0.4 is 5.32 Å². The van der Waals surface area contributed by atoms with E-state index in [1.807, 2.05) is 20.8 Å². The fourth-order valence-corrected chi connectivity index (χ4v) is 2.59. The molecule has 1 saturated carbocycles. The van der Waals surface area contributed by atoms with E-state index in [0.29, 0.717) is 6.04 Å². The Balaban J connectivity index is 2.01. The number of carbonyl (C=O) groups is 1. The van der Waals surface area contributed by atoms with Gasteiger partial charge >= 0.3 is 5.97 Å². The number of carboxylic acid groups (broad SMARTS) is 1. The second-order valence-electron chi connectivity index (χ2n) is 5.36. The molecule has 2 N–H and O–H groups in total. The lowest BCUT2D eigenvalue weighted by Crippen LogP contribution is -2.30. The molecule has 19 heavy (non-hydrogen) atoms. The van der Waals surface area contributed by atoms with Crippen molar-refractivity contribution < 1.29 is 9.90 Å². The third-order valence-corrected chi connectivity index (χ3v) is 3.92. The predicted molar refractivity (Wildman–Crippen MR) is 73.2 cm³/mol. The first kappa shape index (κ1) is 13.8. The van der Waals surface area contributed by atoms with Gasteiger partial charge in [-0.1, -0.05) is 0 Å². The zero-order chi connectivity index (χ0) is 14.0. The largest absolute Gasteiger partial charge is 0.481 e. The third kappa shape index (κ3) is 3.22. The van der Waals surface area contributed by atoms with Crippen molar-refractivity contribution in [1.82, 2.24) is 9.97 Å². The fourth-order valence-electron chi connectivity index (χ4n) is 2.59. The summed E-state index contributed by atoms with van der Waals surface area (Å²) in [6, 6.07) is 0.322. The minimum absolute atomic E-state index is 0.173. The summed E-state index contributed by atoms with van der Waals surface area (Å²) in [5.74, 6) is 0.824. The van der Waals surface area contributed by atoms with Gasteiger partial charge in [-0.15, -0.1) is 0 Å². The highest BCUT2D eigenvalue weighted by Crippen LogP contribution is 2.27. The molecule has 0 bridgehead atoms. The summed E-state index contributed by atoms with van der Waals surface area (Å²) in [6.07, 6.45) is 3.27. The van der Waals surface area contributed by atoms with Crippen LogP contribution in [0, 0.1) is 26.7 Å². The molecule has 0 unspecified atom stereocenters. The van der Waals surface area contributed by atoms with Crippen LogP contribution in [0.4, 0.5) is 5.82 Å². The minimum Gasteiger partial charge on any atom is -0.481 e. The molecular weight excluding hydrogens is 242 g/mol. The van der Waals surface area contributed by atoms with Gasteiger partial charge in [0, 0.05) is 17.3 Å². The molecule has 1 aliphatic rings. The topological polar surface area (TPSA) is 75.1 Å². The van der Waals surface area contributed by atoms with Crippen LogP contribution >= 0.6 is 0 Å². The van der Waals surface area contributed by atoms with Crippen molar-refractivity contribution >= 4 is 11.8 Å². The van der Waals surface area contributed by atoms with E-state index in [4.69, 9.17) is 5.11 Å². The minimum atomic E-state index is -0.664. The summed E-state index contributed by atoms with van der Waals surface area (Å²) in [4.78, 5) is 19.7. The monoisotopic (exact) mass is 263 g/mol. The van der Waals surface area contributed by atoms with Crippen molar-refractivity contribution in [2.24, 2.45) is 5.92 Å². The van der Waals surface area contributed by atoms with E-state index < -0.39 is 5.97 Å². The van der Waals surface area contributed by atoms with E-state index in [1.54, 1.807) is 0 Å². The number of nitrogens with zero attached hydrogens (tertiary/aromatic N) is 2. The van der Waals surface area contributed by atoms with Crippen LogP contribution in [0.1, 0.15) is 42.8 Å². The first-order valence-corrected chi connectivity index (χ1v) is 6.78. The van der Waals surface area contributed by atoms with Gasteiger partial charge in [0.2, 0.25) is 0 Å². The molecule has 0 amide bonds. The fraction of sp³-hybridized carbons (Fsp3) is 0.643. The first-order valence-electron chi connectivity index (χ1n) is 6.78. The summed E-state index contributed by atoms with van der Waals surface area (Å²) < 4.78 is 0. The second-order valence-corrected chi connectivity index (χ2v) is 5.36. The molecule has 5 heteroatoms.